The van der Waals surface area contributed by atoms with E-state index in [2.05, 4.69) is 170 Å². The van der Waals surface area contributed by atoms with Gasteiger partial charge in [-0.3, -0.25) is 0 Å². The molecule has 0 aliphatic rings. The van der Waals surface area contributed by atoms with Crippen LogP contribution in [0.2, 0.25) is 0 Å². The van der Waals surface area contributed by atoms with Crippen LogP contribution >= 0.6 is 0 Å². The molecule has 1 heteroatoms. The van der Waals surface area contributed by atoms with E-state index in [0.29, 0.717) is 0 Å². The molecule has 1 heterocycles. The van der Waals surface area contributed by atoms with Crippen LogP contribution in [0.3, 0.4) is 0 Å². The summed E-state index contributed by atoms with van der Waals surface area (Å²) in [6.45, 7) is 0. The number of hydrogen-bond acceptors (Lipinski definition) is 1. The molecule has 0 aliphatic heterocycles. The molecule has 0 radical (unpaired) electrons. The van der Waals surface area contributed by atoms with E-state index in [9.17, 15) is 0 Å². The normalized spacial score (nSPS) is 12.1. The molecule has 0 fully saturated rings. The highest BCUT2D eigenvalue weighted by molar-refractivity contribution is 6.32. The Kier molecular flexibility index (Phi) is 5.45. The van der Waals surface area contributed by atoms with Crippen LogP contribution in [0.4, 0.5) is 0 Å². The van der Waals surface area contributed by atoms with E-state index in [0.717, 1.165) is 22.3 Å². The number of hydrogen-bond donors (Lipinski definition) is 0. The molecule has 1 nitrogen and oxygen atoms in total. The molecular formula is C48H28O. The minimum Gasteiger partial charge on any atom is -0.455 e. The third-order valence-electron chi connectivity index (χ3n) is 10.6. The fourth-order valence-electron chi connectivity index (χ4n) is 8.55. The van der Waals surface area contributed by atoms with E-state index in [4.69, 9.17) is 4.42 Å². The highest BCUT2D eigenvalue weighted by Gasteiger charge is 2.24. The van der Waals surface area contributed by atoms with Gasteiger partial charge in [-0.2, -0.15) is 0 Å². The third-order valence-corrected chi connectivity index (χ3v) is 10.6. The Labute approximate surface area is 282 Å². The Morgan fingerprint density at radius 2 is 0.837 bits per heavy atom. The average Bonchev–Trinajstić information content (AvgIpc) is 3.57. The quantitative estimate of drug-likeness (QED) is 0.141. The summed E-state index contributed by atoms with van der Waals surface area (Å²) in [5.41, 5.74) is 9.20. The Bertz CT molecular complexity index is 3030. The molecule has 0 bridgehead atoms. The van der Waals surface area contributed by atoms with E-state index in [-0.39, 0.29) is 0 Å². The molecular weight excluding hydrogens is 593 g/mol. The van der Waals surface area contributed by atoms with Crippen molar-refractivity contribution in [1.82, 2.24) is 0 Å². The molecule has 11 aromatic rings. The zero-order valence-electron chi connectivity index (χ0n) is 26.6. The Balaban J connectivity index is 1.30. The lowest BCUT2D eigenvalue weighted by Crippen LogP contribution is -1.93. The SMILES string of the molecule is c1ccc(-c2ccc3c(-c4c5ccccc5c(-c5cc6ccccc6c6ccccc56)c5ccccc45)cc4cccc5oc2c3c45)cc1. The number of furan rings is 1. The second-order valence-electron chi connectivity index (χ2n) is 13.1. The van der Waals surface area contributed by atoms with Crippen molar-refractivity contribution >= 4 is 75.8 Å². The first kappa shape index (κ1) is 26.6. The standard InChI is InChI=1S/C48H28O/c1-2-13-29(14-3-1)33-25-26-40-42(28-31-16-12-24-43-44(31)47(40)48(33)49-43)46-38-22-10-8-20-36(38)45(37-21-9-11-23-39(37)46)41-27-30-15-4-5-17-32(30)34-18-6-7-19-35(34)41/h1-28H. The predicted octanol–water partition coefficient (Wildman–Crippen LogP) is 13.8. The van der Waals surface area contributed by atoms with Crippen LogP contribution in [0.15, 0.2) is 174 Å². The molecule has 0 aliphatic carbocycles. The Hall–Kier alpha value is -6.44. The first-order chi connectivity index (χ1) is 24.3. The van der Waals surface area contributed by atoms with Gasteiger partial charge in [-0.1, -0.05) is 146 Å². The van der Waals surface area contributed by atoms with E-state index in [1.54, 1.807) is 0 Å². The van der Waals surface area contributed by atoms with Crippen molar-refractivity contribution in [2.24, 2.45) is 0 Å². The molecule has 10 aromatic carbocycles. The van der Waals surface area contributed by atoms with Gasteiger partial charge in [-0.15, -0.1) is 0 Å². The maximum Gasteiger partial charge on any atom is 0.143 e. The number of rotatable bonds is 3. The Morgan fingerprint density at radius 3 is 1.53 bits per heavy atom. The van der Waals surface area contributed by atoms with Crippen LogP contribution in [0, 0.1) is 0 Å². The fraction of sp³-hybridized carbons (Fsp3) is 0. The summed E-state index contributed by atoms with van der Waals surface area (Å²) in [4.78, 5) is 0. The lowest BCUT2D eigenvalue weighted by atomic mass is 9.82. The molecule has 0 spiro atoms. The summed E-state index contributed by atoms with van der Waals surface area (Å²) in [6.07, 6.45) is 0. The van der Waals surface area contributed by atoms with Crippen molar-refractivity contribution in [3.63, 3.8) is 0 Å². The molecule has 0 saturated carbocycles. The van der Waals surface area contributed by atoms with Gasteiger partial charge in [-0.25, -0.2) is 0 Å². The maximum absolute atomic E-state index is 6.72. The predicted molar refractivity (Wildman–Crippen MR) is 209 cm³/mol. The van der Waals surface area contributed by atoms with Crippen LogP contribution in [0.5, 0.6) is 0 Å². The maximum atomic E-state index is 6.72. The van der Waals surface area contributed by atoms with Gasteiger partial charge in [0.1, 0.15) is 11.2 Å². The summed E-state index contributed by atoms with van der Waals surface area (Å²) >= 11 is 0. The molecule has 0 amide bonds. The van der Waals surface area contributed by atoms with Crippen molar-refractivity contribution in [2.45, 2.75) is 0 Å². The Morgan fingerprint density at radius 1 is 0.306 bits per heavy atom. The van der Waals surface area contributed by atoms with E-state index < -0.39 is 0 Å². The molecule has 0 atom stereocenters. The van der Waals surface area contributed by atoms with Crippen LogP contribution < -0.4 is 0 Å². The lowest BCUT2D eigenvalue weighted by molar-refractivity contribution is 0.670. The number of benzene rings is 10. The van der Waals surface area contributed by atoms with Crippen molar-refractivity contribution < 1.29 is 4.42 Å². The first-order valence-electron chi connectivity index (χ1n) is 16.9. The van der Waals surface area contributed by atoms with Gasteiger partial charge in [0.05, 0.1) is 0 Å². The molecule has 11 rings (SSSR count). The van der Waals surface area contributed by atoms with Crippen LogP contribution in [0.1, 0.15) is 0 Å². The van der Waals surface area contributed by atoms with Crippen LogP contribution in [0.25, 0.3) is 109 Å². The van der Waals surface area contributed by atoms with Crippen molar-refractivity contribution in [1.29, 1.82) is 0 Å². The van der Waals surface area contributed by atoms with Gasteiger partial charge in [0.25, 0.3) is 0 Å². The summed E-state index contributed by atoms with van der Waals surface area (Å²) in [6, 6.07) is 62.0. The van der Waals surface area contributed by atoms with Gasteiger partial charge >= 0.3 is 0 Å². The molecule has 226 valence electrons. The van der Waals surface area contributed by atoms with Gasteiger partial charge in [-0.05, 0) is 106 Å². The van der Waals surface area contributed by atoms with Crippen molar-refractivity contribution in [2.75, 3.05) is 0 Å². The molecule has 1 aromatic heterocycles. The van der Waals surface area contributed by atoms with Gasteiger partial charge < -0.3 is 4.42 Å². The monoisotopic (exact) mass is 620 g/mol. The summed E-state index contributed by atoms with van der Waals surface area (Å²) in [5, 5.41) is 14.9. The highest BCUT2D eigenvalue weighted by atomic mass is 16.3. The van der Waals surface area contributed by atoms with E-state index in [1.807, 2.05) is 0 Å². The van der Waals surface area contributed by atoms with Gasteiger partial charge in [0.2, 0.25) is 0 Å². The molecule has 49 heavy (non-hydrogen) atoms. The zero-order valence-corrected chi connectivity index (χ0v) is 26.6. The minimum absolute atomic E-state index is 0.931. The van der Waals surface area contributed by atoms with Crippen molar-refractivity contribution in [3.05, 3.63) is 170 Å². The summed E-state index contributed by atoms with van der Waals surface area (Å²) < 4.78 is 6.72. The van der Waals surface area contributed by atoms with Crippen molar-refractivity contribution in [3.8, 4) is 33.4 Å². The van der Waals surface area contributed by atoms with Gasteiger partial charge in [0.15, 0.2) is 0 Å². The smallest absolute Gasteiger partial charge is 0.143 e. The number of fused-ring (bicyclic) bond motifs is 5. The third kappa shape index (κ3) is 3.70. The topological polar surface area (TPSA) is 13.1 Å². The van der Waals surface area contributed by atoms with E-state index >= 15 is 0 Å². The second-order valence-corrected chi connectivity index (χ2v) is 13.1. The minimum atomic E-state index is 0.931. The average molecular weight is 621 g/mol. The zero-order chi connectivity index (χ0) is 32.1. The molecule has 0 saturated heterocycles. The highest BCUT2D eigenvalue weighted by Crippen LogP contribution is 2.50. The second kappa shape index (κ2) is 10.0. The van der Waals surface area contributed by atoms with Crippen LogP contribution in [-0.2, 0) is 0 Å². The largest absolute Gasteiger partial charge is 0.455 e. The van der Waals surface area contributed by atoms with Crippen LogP contribution in [-0.4, -0.2) is 0 Å². The van der Waals surface area contributed by atoms with E-state index in [1.165, 1.54) is 86.9 Å². The summed E-state index contributed by atoms with van der Waals surface area (Å²) in [5.74, 6) is 0. The summed E-state index contributed by atoms with van der Waals surface area (Å²) in [7, 11) is 0. The first-order valence-corrected chi connectivity index (χ1v) is 16.9. The fourth-order valence-corrected chi connectivity index (χ4v) is 8.55. The molecule has 0 unspecified atom stereocenters. The lowest BCUT2D eigenvalue weighted by Gasteiger charge is -2.20. The molecule has 0 N–H and O–H groups in total. The van der Waals surface area contributed by atoms with Gasteiger partial charge in [0, 0.05) is 16.3 Å².